The third-order valence-electron chi connectivity index (χ3n) is 3.90. The maximum atomic E-state index is 9.67. The van der Waals surface area contributed by atoms with Gasteiger partial charge in [-0.05, 0) is 18.8 Å². The number of methoxy groups -OCH3 is 1. The zero-order valence-electron chi connectivity index (χ0n) is 14.2. The van der Waals surface area contributed by atoms with Crippen molar-refractivity contribution < 1.29 is 14.6 Å². The van der Waals surface area contributed by atoms with Crippen LogP contribution in [0.4, 0.5) is 11.6 Å². The maximum Gasteiger partial charge on any atom is 0.131 e. The number of hydrogen-bond donors (Lipinski definition) is 3. The lowest BCUT2D eigenvalue weighted by Gasteiger charge is -2.35. The van der Waals surface area contributed by atoms with Gasteiger partial charge < -0.3 is 25.2 Å². The largest absolute Gasteiger partial charge is 0.389 e. The van der Waals surface area contributed by atoms with Crippen LogP contribution in [0.15, 0.2) is 12.4 Å². The Labute approximate surface area is 137 Å². The molecule has 0 radical (unpaired) electrons. The summed E-state index contributed by atoms with van der Waals surface area (Å²) in [7, 11) is 1.56. The number of aliphatic hydroxyl groups is 1. The molecule has 7 heteroatoms. The van der Waals surface area contributed by atoms with E-state index in [1.807, 2.05) is 6.07 Å². The van der Waals surface area contributed by atoms with Crippen molar-refractivity contribution in [1.29, 1.82) is 0 Å². The van der Waals surface area contributed by atoms with Gasteiger partial charge in [0.25, 0.3) is 0 Å². The van der Waals surface area contributed by atoms with Crippen LogP contribution in [0.3, 0.4) is 0 Å². The van der Waals surface area contributed by atoms with Crippen molar-refractivity contribution in [2.24, 2.45) is 5.92 Å². The summed E-state index contributed by atoms with van der Waals surface area (Å²) in [5.41, 5.74) is 0. The zero-order chi connectivity index (χ0) is 16.7. The highest BCUT2D eigenvalue weighted by molar-refractivity contribution is 5.47. The molecule has 1 aliphatic heterocycles. The SMILES string of the molecule is COC[C@H](O)CNc1cc(N[C@H]2CCCO[C@H]2C(C)C)ncn1. The van der Waals surface area contributed by atoms with E-state index >= 15 is 0 Å². The van der Waals surface area contributed by atoms with Gasteiger partial charge in [-0.1, -0.05) is 13.8 Å². The first-order valence-corrected chi connectivity index (χ1v) is 8.21. The second kappa shape index (κ2) is 9.00. The lowest BCUT2D eigenvalue weighted by Crippen LogP contribution is -2.43. The summed E-state index contributed by atoms with van der Waals surface area (Å²) in [4.78, 5) is 8.46. The molecule has 0 spiro atoms. The fourth-order valence-electron chi connectivity index (χ4n) is 2.81. The van der Waals surface area contributed by atoms with Crippen LogP contribution < -0.4 is 10.6 Å². The molecule has 1 aromatic rings. The summed E-state index contributed by atoms with van der Waals surface area (Å²) in [5.74, 6) is 1.90. The van der Waals surface area contributed by atoms with E-state index in [-0.39, 0.29) is 12.1 Å². The molecule has 1 fully saturated rings. The highest BCUT2D eigenvalue weighted by Gasteiger charge is 2.28. The van der Waals surface area contributed by atoms with E-state index in [1.54, 1.807) is 7.11 Å². The molecule has 0 saturated carbocycles. The van der Waals surface area contributed by atoms with Gasteiger partial charge in [0.2, 0.25) is 0 Å². The third kappa shape index (κ3) is 5.60. The summed E-state index contributed by atoms with van der Waals surface area (Å²) in [6, 6.07) is 2.11. The van der Waals surface area contributed by atoms with Crippen LogP contribution in [0.25, 0.3) is 0 Å². The topological polar surface area (TPSA) is 88.5 Å². The van der Waals surface area contributed by atoms with Crippen LogP contribution in [-0.2, 0) is 9.47 Å². The van der Waals surface area contributed by atoms with Crippen LogP contribution in [0.5, 0.6) is 0 Å². The minimum absolute atomic E-state index is 0.193. The van der Waals surface area contributed by atoms with Gasteiger partial charge in [0.05, 0.1) is 24.9 Å². The second-order valence-electron chi connectivity index (χ2n) is 6.25. The van der Waals surface area contributed by atoms with Crippen LogP contribution in [0.2, 0.25) is 0 Å². The van der Waals surface area contributed by atoms with Crippen molar-refractivity contribution in [1.82, 2.24) is 9.97 Å². The number of rotatable bonds is 8. The normalized spacial score (nSPS) is 22.8. The Hall–Kier alpha value is -1.44. The molecule has 0 unspecified atom stereocenters. The van der Waals surface area contributed by atoms with Crippen molar-refractivity contribution in [3.8, 4) is 0 Å². The van der Waals surface area contributed by atoms with E-state index in [4.69, 9.17) is 9.47 Å². The quantitative estimate of drug-likeness (QED) is 0.668. The zero-order valence-corrected chi connectivity index (χ0v) is 14.2. The number of nitrogens with zero attached hydrogens (tertiary/aromatic N) is 2. The van der Waals surface area contributed by atoms with E-state index < -0.39 is 6.10 Å². The van der Waals surface area contributed by atoms with Crippen LogP contribution >= 0.6 is 0 Å². The Morgan fingerprint density at radius 3 is 2.91 bits per heavy atom. The second-order valence-corrected chi connectivity index (χ2v) is 6.25. The van der Waals surface area contributed by atoms with Crippen LogP contribution in [-0.4, -0.2) is 60.2 Å². The Kier molecular flexibility index (Phi) is 7.01. The first-order chi connectivity index (χ1) is 11.1. The van der Waals surface area contributed by atoms with Gasteiger partial charge in [-0.3, -0.25) is 0 Å². The van der Waals surface area contributed by atoms with Gasteiger partial charge in [0.15, 0.2) is 0 Å². The molecule has 0 aromatic carbocycles. The van der Waals surface area contributed by atoms with Gasteiger partial charge in [-0.2, -0.15) is 0 Å². The lowest BCUT2D eigenvalue weighted by atomic mass is 9.94. The Morgan fingerprint density at radius 1 is 1.39 bits per heavy atom. The summed E-state index contributed by atoms with van der Waals surface area (Å²) in [5, 5.41) is 16.2. The molecule has 0 bridgehead atoms. The monoisotopic (exact) mass is 324 g/mol. The Balaban J connectivity index is 1.93. The third-order valence-corrected chi connectivity index (χ3v) is 3.90. The van der Waals surface area contributed by atoms with Crippen molar-refractivity contribution in [3.63, 3.8) is 0 Å². The van der Waals surface area contributed by atoms with Crippen molar-refractivity contribution >= 4 is 11.6 Å². The van der Waals surface area contributed by atoms with E-state index in [0.29, 0.717) is 24.9 Å². The molecular formula is C16H28N4O3. The van der Waals surface area contributed by atoms with Crippen LogP contribution in [0.1, 0.15) is 26.7 Å². The molecule has 1 aromatic heterocycles. The molecule has 0 aliphatic carbocycles. The summed E-state index contributed by atoms with van der Waals surface area (Å²) in [6.07, 6.45) is 3.27. The van der Waals surface area contributed by atoms with Gasteiger partial charge in [0, 0.05) is 26.3 Å². The average molecular weight is 324 g/mol. The molecule has 2 rings (SSSR count). The van der Waals surface area contributed by atoms with Gasteiger partial charge in [-0.25, -0.2) is 9.97 Å². The number of hydrogen-bond acceptors (Lipinski definition) is 7. The predicted molar refractivity (Wildman–Crippen MR) is 89.6 cm³/mol. The molecular weight excluding hydrogens is 296 g/mol. The molecule has 7 nitrogen and oxygen atoms in total. The minimum Gasteiger partial charge on any atom is -0.389 e. The fraction of sp³-hybridized carbons (Fsp3) is 0.750. The van der Waals surface area contributed by atoms with E-state index in [9.17, 15) is 5.11 Å². The number of nitrogens with one attached hydrogen (secondary N) is 2. The maximum absolute atomic E-state index is 9.67. The van der Waals surface area contributed by atoms with Gasteiger partial charge >= 0.3 is 0 Å². The van der Waals surface area contributed by atoms with Crippen molar-refractivity contribution in [2.75, 3.05) is 37.5 Å². The van der Waals surface area contributed by atoms with Crippen molar-refractivity contribution in [2.45, 2.75) is 44.9 Å². The molecule has 130 valence electrons. The first kappa shape index (κ1) is 17.9. The minimum atomic E-state index is -0.566. The first-order valence-electron chi connectivity index (χ1n) is 8.21. The van der Waals surface area contributed by atoms with E-state index in [1.165, 1.54) is 6.33 Å². The van der Waals surface area contributed by atoms with Crippen LogP contribution in [0, 0.1) is 5.92 Å². The number of aliphatic hydroxyl groups excluding tert-OH is 1. The standard InChI is InChI=1S/C16H28N4O3/c1-11(2)16-13(5-4-6-23-16)20-15-7-14(18-10-19-15)17-8-12(21)9-22-3/h7,10-13,16,21H,4-6,8-9H2,1-3H3,(H2,17,18,19,20)/t12-,13+,16+/m1/s1. The summed E-state index contributed by atoms with van der Waals surface area (Å²) < 4.78 is 10.8. The predicted octanol–water partition coefficient (Wildman–Crippen LogP) is 1.51. The Morgan fingerprint density at radius 2 is 2.17 bits per heavy atom. The number of anilines is 2. The lowest BCUT2D eigenvalue weighted by molar-refractivity contribution is -0.0203. The molecule has 3 N–H and O–H groups in total. The average Bonchev–Trinajstić information content (AvgIpc) is 2.54. The fourth-order valence-corrected chi connectivity index (χ4v) is 2.81. The molecule has 23 heavy (non-hydrogen) atoms. The molecule has 1 saturated heterocycles. The van der Waals surface area contributed by atoms with Gasteiger partial charge in [-0.15, -0.1) is 0 Å². The molecule has 1 aliphatic rings. The highest BCUT2D eigenvalue weighted by Crippen LogP contribution is 2.23. The van der Waals surface area contributed by atoms with Gasteiger partial charge in [0.1, 0.15) is 18.0 Å². The molecule has 3 atom stereocenters. The number of ether oxygens (including phenoxy) is 2. The number of aromatic nitrogens is 2. The highest BCUT2D eigenvalue weighted by atomic mass is 16.5. The van der Waals surface area contributed by atoms with Crippen molar-refractivity contribution in [3.05, 3.63) is 12.4 Å². The van der Waals surface area contributed by atoms with E-state index in [2.05, 4.69) is 34.4 Å². The Bertz CT molecular complexity index is 472. The smallest absolute Gasteiger partial charge is 0.131 e. The summed E-state index contributed by atoms with van der Waals surface area (Å²) in [6.45, 7) is 5.85. The molecule has 0 amide bonds. The van der Waals surface area contributed by atoms with E-state index in [0.717, 1.165) is 25.3 Å². The molecule has 2 heterocycles. The summed E-state index contributed by atoms with van der Waals surface area (Å²) >= 11 is 0.